The third kappa shape index (κ3) is 3.81. The number of aryl methyl sites for hydroxylation is 1. The minimum Gasteiger partial charge on any atom is -0.385 e. The third-order valence-corrected chi connectivity index (χ3v) is 2.90. The first-order valence-corrected chi connectivity index (χ1v) is 6.19. The number of anilines is 1. The highest BCUT2D eigenvalue weighted by atomic mass is 16.6. The van der Waals surface area contributed by atoms with Crippen LogP contribution in [0.1, 0.15) is 11.1 Å². The summed E-state index contributed by atoms with van der Waals surface area (Å²) in [5, 5.41) is 13.8. The van der Waals surface area contributed by atoms with Crippen molar-refractivity contribution in [2.24, 2.45) is 0 Å². The Kier molecular flexibility index (Phi) is 4.13. The Morgan fingerprint density at radius 2 is 1.89 bits per heavy atom. The number of nitro benzene ring substituents is 1. The molecule has 2 rings (SSSR count). The molecule has 0 fully saturated rings. The number of rotatable bonds is 5. The third-order valence-electron chi connectivity index (χ3n) is 2.90. The van der Waals surface area contributed by atoms with Gasteiger partial charge in [0.1, 0.15) is 0 Å². The fourth-order valence-corrected chi connectivity index (χ4v) is 1.92. The number of nitro groups is 1. The fourth-order valence-electron chi connectivity index (χ4n) is 1.92. The van der Waals surface area contributed by atoms with Gasteiger partial charge in [-0.05, 0) is 31.0 Å². The lowest BCUT2D eigenvalue weighted by Gasteiger charge is -2.06. The van der Waals surface area contributed by atoms with E-state index in [9.17, 15) is 10.1 Å². The average molecular weight is 256 g/mol. The van der Waals surface area contributed by atoms with Crippen molar-refractivity contribution in [1.29, 1.82) is 0 Å². The molecule has 98 valence electrons. The van der Waals surface area contributed by atoms with E-state index in [2.05, 4.69) is 36.5 Å². The van der Waals surface area contributed by atoms with Gasteiger partial charge in [0.2, 0.25) is 0 Å². The van der Waals surface area contributed by atoms with Crippen molar-refractivity contribution in [1.82, 2.24) is 0 Å². The number of hydrogen-bond donors (Lipinski definition) is 1. The average Bonchev–Trinajstić information content (AvgIpc) is 2.39. The molecule has 0 saturated carbocycles. The smallest absolute Gasteiger partial charge is 0.269 e. The van der Waals surface area contributed by atoms with E-state index in [1.165, 1.54) is 23.3 Å². The summed E-state index contributed by atoms with van der Waals surface area (Å²) in [6, 6.07) is 14.9. The Labute approximate surface area is 112 Å². The largest absolute Gasteiger partial charge is 0.385 e. The van der Waals surface area contributed by atoms with E-state index < -0.39 is 4.92 Å². The van der Waals surface area contributed by atoms with E-state index >= 15 is 0 Å². The molecule has 0 aliphatic carbocycles. The first kappa shape index (κ1) is 13.1. The van der Waals surface area contributed by atoms with Crippen LogP contribution in [0, 0.1) is 17.0 Å². The summed E-state index contributed by atoms with van der Waals surface area (Å²) >= 11 is 0. The molecule has 0 aromatic heterocycles. The van der Waals surface area contributed by atoms with Gasteiger partial charge in [-0.2, -0.15) is 0 Å². The fraction of sp³-hybridized carbons (Fsp3) is 0.200. The van der Waals surface area contributed by atoms with Gasteiger partial charge in [0.25, 0.3) is 5.69 Å². The molecule has 0 aliphatic rings. The van der Waals surface area contributed by atoms with Crippen LogP contribution in [0.3, 0.4) is 0 Å². The molecule has 0 spiro atoms. The van der Waals surface area contributed by atoms with E-state index in [0.29, 0.717) is 0 Å². The maximum Gasteiger partial charge on any atom is 0.269 e. The summed E-state index contributed by atoms with van der Waals surface area (Å²) < 4.78 is 0. The van der Waals surface area contributed by atoms with Crippen LogP contribution in [-0.4, -0.2) is 11.5 Å². The van der Waals surface area contributed by atoms with E-state index in [1.807, 2.05) is 0 Å². The molecule has 4 nitrogen and oxygen atoms in total. The zero-order valence-electron chi connectivity index (χ0n) is 10.8. The standard InChI is InChI=1S/C15H16N2O2/c1-12-3-2-4-13(11-12)9-10-16-14-5-7-15(8-6-14)17(18)19/h2-8,11,16H,9-10H2,1H3. The SMILES string of the molecule is Cc1cccc(CCNc2ccc([N+](=O)[O-])cc2)c1. The van der Waals surface area contributed by atoms with Crippen LogP contribution >= 0.6 is 0 Å². The summed E-state index contributed by atoms with van der Waals surface area (Å²) in [6.07, 6.45) is 0.929. The number of nitrogens with zero attached hydrogens (tertiary/aromatic N) is 1. The predicted octanol–water partition coefficient (Wildman–Crippen LogP) is 3.56. The summed E-state index contributed by atoms with van der Waals surface area (Å²) in [4.78, 5) is 10.1. The van der Waals surface area contributed by atoms with Gasteiger partial charge < -0.3 is 5.32 Å². The first-order chi connectivity index (χ1) is 9.15. The number of benzene rings is 2. The van der Waals surface area contributed by atoms with Crippen molar-refractivity contribution < 1.29 is 4.92 Å². The Morgan fingerprint density at radius 1 is 1.16 bits per heavy atom. The molecule has 0 saturated heterocycles. The molecule has 0 heterocycles. The highest BCUT2D eigenvalue weighted by Gasteiger charge is 2.03. The van der Waals surface area contributed by atoms with Crippen LogP contribution < -0.4 is 5.32 Å². The van der Waals surface area contributed by atoms with Crippen LogP contribution in [0.4, 0.5) is 11.4 Å². The number of nitrogens with one attached hydrogen (secondary N) is 1. The van der Waals surface area contributed by atoms with Crippen LogP contribution in [-0.2, 0) is 6.42 Å². The molecular weight excluding hydrogens is 240 g/mol. The predicted molar refractivity (Wildman–Crippen MR) is 76.5 cm³/mol. The lowest BCUT2D eigenvalue weighted by atomic mass is 10.1. The van der Waals surface area contributed by atoms with Crippen LogP contribution in [0.5, 0.6) is 0 Å². The normalized spacial score (nSPS) is 10.2. The van der Waals surface area contributed by atoms with Crippen molar-refractivity contribution in [3.05, 3.63) is 69.8 Å². The van der Waals surface area contributed by atoms with Crippen molar-refractivity contribution in [3.8, 4) is 0 Å². The second-order valence-corrected chi connectivity index (χ2v) is 4.47. The van der Waals surface area contributed by atoms with Crippen molar-refractivity contribution in [3.63, 3.8) is 0 Å². The highest BCUT2D eigenvalue weighted by molar-refractivity contribution is 5.48. The van der Waals surface area contributed by atoms with E-state index in [4.69, 9.17) is 0 Å². The number of hydrogen-bond acceptors (Lipinski definition) is 3. The summed E-state index contributed by atoms with van der Waals surface area (Å²) in [7, 11) is 0. The van der Waals surface area contributed by atoms with Crippen LogP contribution in [0.2, 0.25) is 0 Å². The Hall–Kier alpha value is -2.36. The minimum atomic E-state index is -0.392. The van der Waals surface area contributed by atoms with E-state index in [1.54, 1.807) is 12.1 Å². The second-order valence-electron chi connectivity index (χ2n) is 4.47. The Balaban J connectivity index is 1.87. The topological polar surface area (TPSA) is 55.2 Å². The second kappa shape index (κ2) is 6.00. The summed E-state index contributed by atoms with van der Waals surface area (Å²) in [5.74, 6) is 0. The van der Waals surface area contributed by atoms with Gasteiger partial charge in [-0.15, -0.1) is 0 Å². The van der Waals surface area contributed by atoms with Crippen molar-refractivity contribution >= 4 is 11.4 Å². The van der Waals surface area contributed by atoms with Gasteiger partial charge in [-0.1, -0.05) is 29.8 Å². The molecule has 0 unspecified atom stereocenters. The molecule has 0 aliphatic heterocycles. The monoisotopic (exact) mass is 256 g/mol. The zero-order valence-corrected chi connectivity index (χ0v) is 10.8. The molecule has 1 N–H and O–H groups in total. The van der Waals surface area contributed by atoms with Gasteiger partial charge in [0, 0.05) is 24.4 Å². The lowest BCUT2D eigenvalue weighted by molar-refractivity contribution is -0.384. The molecule has 0 amide bonds. The number of non-ortho nitro benzene ring substituents is 1. The van der Waals surface area contributed by atoms with Gasteiger partial charge in [0.05, 0.1) is 4.92 Å². The molecule has 19 heavy (non-hydrogen) atoms. The molecule has 4 heteroatoms. The lowest BCUT2D eigenvalue weighted by Crippen LogP contribution is -2.04. The molecular formula is C15H16N2O2. The first-order valence-electron chi connectivity index (χ1n) is 6.19. The Morgan fingerprint density at radius 3 is 2.53 bits per heavy atom. The molecule has 0 radical (unpaired) electrons. The molecule has 2 aromatic carbocycles. The quantitative estimate of drug-likeness (QED) is 0.657. The van der Waals surface area contributed by atoms with Crippen LogP contribution in [0.25, 0.3) is 0 Å². The van der Waals surface area contributed by atoms with E-state index in [-0.39, 0.29) is 5.69 Å². The van der Waals surface area contributed by atoms with Crippen LogP contribution in [0.15, 0.2) is 48.5 Å². The van der Waals surface area contributed by atoms with E-state index in [0.717, 1.165) is 18.7 Å². The maximum atomic E-state index is 10.5. The minimum absolute atomic E-state index is 0.115. The Bertz CT molecular complexity index is 565. The van der Waals surface area contributed by atoms with Crippen molar-refractivity contribution in [2.75, 3.05) is 11.9 Å². The van der Waals surface area contributed by atoms with Gasteiger partial charge in [-0.3, -0.25) is 10.1 Å². The summed E-state index contributed by atoms with van der Waals surface area (Å²) in [6.45, 7) is 2.88. The van der Waals surface area contributed by atoms with Crippen molar-refractivity contribution in [2.45, 2.75) is 13.3 Å². The highest BCUT2D eigenvalue weighted by Crippen LogP contribution is 2.15. The maximum absolute atomic E-state index is 10.5. The molecule has 0 atom stereocenters. The van der Waals surface area contributed by atoms with Gasteiger partial charge >= 0.3 is 0 Å². The zero-order chi connectivity index (χ0) is 13.7. The molecule has 0 bridgehead atoms. The van der Waals surface area contributed by atoms with Gasteiger partial charge in [0.15, 0.2) is 0 Å². The van der Waals surface area contributed by atoms with Gasteiger partial charge in [-0.25, -0.2) is 0 Å². The molecule has 2 aromatic rings. The summed E-state index contributed by atoms with van der Waals surface area (Å²) in [5.41, 5.74) is 3.56.